The van der Waals surface area contributed by atoms with Crippen LogP contribution in [-0.2, 0) is 36.1 Å². The molecule has 2 heterocycles. The fourth-order valence-electron chi connectivity index (χ4n) is 4.24. The Bertz CT molecular complexity index is 1200. The van der Waals surface area contributed by atoms with Crippen molar-refractivity contribution in [3.8, 4) is 0 Å². The van der Waals surface area contributed by atoms with Crippen molar-refractivity contribution < 1.29 is 4.79 Å². The molecule has 170 valence electrons. The second-order valence-corrected chi connectivity index (χ2v) is 11.0. The van der Waals surface area contributed by atoms with E-state index in [0.717, 1.165) is 47.2 Å². The number of thiophene rings is 1. The number of benzene rings is 1. The van der Waals surface area contributed by atoms with Gasteiger partial charge in [-0.3, -0.25) is 14.2 Å². The van der Waals surface area contributed by atoms with Crippen LogP contribution in [0.5, 0.6) is 0 Å². The van der Waals surface area contributed by atoms with Crippen molar-refractivity contribution >= 4 is 33.1 Å². The maximum atomic E-state index is 13.5. The van der Waals surface area contributed by atoms with Crippen LogP contribution in [0.15, 0.2) is 29.1 Å². The average molecular weight is 453 g/mol. The minimum atomic E-state index is -0.221. The molecule has 1 amide bonds. The molecule has 0 saturated heterocycles. The van der Waals surface area contributed by atoms with Crippen LogP contribution >= 0.6 is 11.3 Å². The summed E-state index contributed by atoms with van der Waals surface area (Å²) in [6.45, 7) is 6.93. The fourth-order valence-corrected chi connectivity index (χ4v) is 5.52. The number of carbonyl (C=O) groups excluding carboxylic acids is 1. The standard InChI is InChI=1S/C25H32N4O2S/c1-25(2,3)16-10-12-17(13-11-16)26-21(30)15-29-20(14-28(4)5)27-23-22(24(29)31)18-8-6-7-9-19(18)32-23/h10-13H,6-9,14-15H2,1-5H3,(H,26,30). The van der Waals surface area contributed by atoms with E-state index in [1.54, 1.807) is 15.9 Å². The molecule has 7 heteroatoms. The van der Waals surface area contributed by atoms with Crippen molar-refractivity contribution in [1.82, 2.24) is 14.5 Å². The summed E-state index contributed by atoms with van der Waals surface area (Å²) in [5.41, 5.74) is 3.04. The lowest BCUT2D eigenvalue weighted by Crippen LogP contribution is -2.33. The second-order valence-electron chi connectivity index (χ2n) is 9.92. The van der Waals surface area contributed by atoms with Gasteiger partial charge in [0, 0.05) is 10.6 Å². The van der Waals surface area contributed by atoms with E-state index in [2.05, 4.69) is 26.1 Å². The summed E-state index contributed by atoms with van der Waals surface area (Å²) < 4.78 is 1.56. The molecule has 0 bridgehead atoms. The Labute approximate surface area is 193 Å². The molecule has 1 aliphatic rings. The molecule has 1 N–H and O–H groups in total. The van der Waals surface area contributed by atoms with Crippen molar-refractivity contribution in [3.05, 3.63) is 56.4 Å². The Hall–Kier alpha value is -2.51. The largest absolute Gasteiger partial charge is 0.325 e. The number of aromatic nitrogens is 2. The predicted octanol–water partition coefficient (Wildman–Crippen LogP) is 4.33. The Morgan fingerprint density at radius 2 is 1.84 bits per heavy atom. The normalized spacial score (nSPS) is 14.1. The first-order valence-electron chi connectivity index (χ1n) is 11.2. The second kappa shape index (κ2) is 8.79. The Kier molecular flexibility index (Phi) is 6.23. The third-order valence-corrected chi connectivity index (χ3v) is 7.13. The summed E-state index contributed by atoms with van der Waals surface area (Å²) in [7, 11) is 3.88. The van der Waals surface area contributed by atoms with E-state index < -0.39 is 0 Å². The molecule has 0 saturated carbocycles. The molecule has 1 aliphatic carbocycles. The predicted molar refractivity (Wildman–Crippen MR) is 132 cm³/mol. The van der Waals surface area contributed by atoms with Gasteiger partial charge in [0.25, 0.3) is 5.56 Å². The molecular weight excluding hydrogens is 420 g/mol. The first-order valence-corrected chi connectivity index (χ1v) is 12.0. The van der Waals surface area contributed by atoms with E-state index >= 15 is 0 Å². The first kappa shape index (κ1) is 22.7. The number of aryl methyl sites for hydroxylation is 2. The molecule has 1 aromatic carbocycles. The monoisotopic (exact) mass is 452 g/mol. The van der Waals surface area contributed by atoms with Gasteiger partial charge in [-0.15, -0.1) is 11.3 Å². The molecule has 3 aromatic rings. The smallest absolute Gasteiger partial charge is 0.263 e. The first-order chi connectivity index (χ1) is 15.1. The van der Waals surface area contributed by atoms with Gasteiger partial charge >= 0.3 is 0 Å². The number of fused-ring (bicyclic) bond motifs is 3. The Morgan fingerprint density at radius 3 is 2.50 bits per heavy atom. The van der Waals surface area contributed by atoms with E-state index in [1.165, 1.54) is 10.4 Å². The minimum absolute atomic E-state index is 0.0451. The number of hydrogen-bond donors (Lipinski definition) is 1. The third-order valence-electron chi connectivity index (χ3n) is 5.95. The molecule has 32 heavy (non-hydrogen) atoms. The maximum absolute atomic E-state index is 13.5. The Morgan fingerprint density at radius 1 is 1.16 bits per heavy atom. The fraction of sp³-hybridized carbons (Fsp3) is 0.480. The van der Waals surface area contributed by atoms with Crippen LogP contribution < -0.4 is 10.9 Å². The summed E-state index contributed by atoms with van der Waals surface area (Å²) in [6, 6.07) is 7.90. The number of anilines is 1. The topological polar surface area (TPSA) is 67.2 Å². The molecule has 0 spiro atoms. The number of nitrogens with zero attached hydrogens (tertiary/aromatic N) is 3. The highest BCUT2D eigenvalue weighted by atomic mass is 32.1. The van der Waals surface area contributed by atoms with E-state index in [0.29, 0.717) is 12.4 Å². The molecule has 0 fully saturated rings. The molecule has 0 aliphatic heterocycles. The van der Waals surface area contributed by atoms with Crippen molar-refractivity contribution in [1.29, 1.82) is 0 Å². The lowest BCUT2D eigenvalue weighted by Gasteiger charge is -2.19. The number of amides is 1. The molecule has 6 nitrogen and oxygen atoms in total. The number of hydrogen-bond acceptors (Lipinski definition) is 5. The van der Waals surface area contributed by atoms with Gasteiger partial charge in [0.1, 0.15) is 17.2 Å². The van der Waals surface area contributed by atoms with Crippen molar-refractivity contribution in [2.75, 3.05) is 19.4 Å². The zero-order valence-electron chi connectivity index (χ0n) is 19.6. The van der Waals surface area contributed by atoms with E-state index in [1.807, 2.05) is 43.3 Å². The third kappa shape index (κ3) is 4.64. The van der Waals surface area contributed by atoms with Crippen molar-refractivity contribution in [2.24, 2.45) is 0 Å². The van der Waals surface area contributed by atoms with Gasteiger partial charge in [-0.05, 0) is 68.5 Å². The summed E-state index contributed by atoms with van der Waals surface area (Å²) in [4.78, 5) is 35.4. The molecule has 4 rings (SSSR count). The molecule has 2 aromatic heterocycles. The summed E-state index contributed by atoms with van der Waals surface area (Å²) >= 11 is 1.65. The van der Waals surface area contributed by atoms with Crippen molar-refractivity contribution in [2.45, 2.75) is 65.0 Å². The maximum Gasteiger partial charge on any atom is 0.263 e. The van der Waals surface area contributed by atoms with Crippen molar-refractivity contribution in [3.63, 3.8) is 0 Å². The van der Waals surface area contributed by atoms with E-state index in [4.69, 9.17) is 4.98 Å². The molecule has 0 unspecified atom stereocenters. The van der Waals surface area contributed by atoms with Gasteiger partial charge in [0.2, 0.25) is 5.91 Å². The summed E-state index contributed by atoms with van der Waals surface area (Å²) in [5.74, 6) is 0.408. The van der Waals surface area contributed by atoms with E-state index in [9.17, 15) is 9.59 Å². The van der Waals surface area contributed by atoms with Gasteiger partial charge in [0.15, 0.2) is 0 Å². The van der Waals surface area contributed by atoms with Gasteiger partial charge in [0.05, 0.1) is 11.9 Å². The van der Waals surface area contributed by atoms with Crippen LogP contribution in [0.2, 0.25) is 0 Å². The van der Waals surface area contributed by atoms with Gasteiger partial charge in [-0.25, -0.2) is 4.98 Å². The van der Waals surface area contributed by atoms with Crippen LogP contribution in [0.1, 0.15) is 55.4 Å². The quantitative estimate of drug-likeness (QED) is 0.626. The van der Waals surface area contributed by atoms with Gasteiger partial charge < -0.3 is 10.2 Å². The summed E-state index contributed by atoms with van der Waals surface area (Å²) in [6.07, 6.45) is 4.20. The highest BCUT2D eigenvalue weighted by molar-refractivity contribution is 7.18. The highest BCUT2D eigenvalue weighted by Crippen LogP contribution is 2.34. The Balaban J connectivity index is 1.65. The number of nitrogens with one attached hydrogen (secondary N) is 1. The lowest BCUT2D eigenvalue weighted by atomic mass is 9.87. The van der Waals surface area contributed by atoms with E-state index in [-0.39, 0.29) is 23.4 Å². The van der Waals surface area contributed by atoms with Crippen LogP contribution in [-0.4, -0.2) is 34.5 Å². The molecule has 0 radical (unpaired) electrons. The molecular formula is C25H32N4O2S. The SMILES string of the molecule is CN(C)Cc1nc2sc3c(c2c(=O)n1CC(=O)Nc1ccc(C(C)(C)C)cc1)CCCC3. The highest BCUT2D eigenvalue weighted by Gasteiger charge is 2.23. The zero-order chi connectivity index (χ0) is 23.0. The average Bonchev–Trinajstić information content (AvgIpc) is 3.08. The minimum Gasteiger partial charge on any atom is -0.325 e. The van der Waals surface area contributed by atoms with Gasteiger partial charge in [-0.2, -0.15) is 0 Å². The zero-order valence-corrected chi connectivity index (χ0v) is 20.4. The van der Waals surface area contributed by atoms with Crippen LogP contribution in [0, 0.1) is 0 Å². The number of carbonyl (C=O) groups is 1. The lowest BCUT2D eigenvalue weighted by molar-refractivity contribution is -0.116. The van der Waals surface area contributed by atoms with Crippen LogP contribution in [0.25, 0.3) is 10.2 Å². The molecule has 0 atom stereocenters. The number of rotatable bonds is 5. The van der Waals surface area contributed by atoms with Crippen LogP contribution in [0.3, 0.4) is 0 Å². The van der Waals surface area contributed by atoms with Gasteiger partial charge in [-0.1, -0.05) is 32.9 Å². The van der Waals surface area contributed by atoms with Crippen LogP contribution in [0.4, 0.5) is 5.69 Å². The summed E-state index contributed by atoms with van der Waals surface area (Å²) in [5, 5.41) is 3.66.